The Bertz CT molecular complexity index is 1300. The largest absolute Gasteiger partial charge is 0.493 e. The van der Waals surface area contributed by atoms with Crippen molar-refractivity contribution in [2.75, 3.05) is 7.11 Å². The lowest BCUT2D eigenvalue weighted by Gasteiger charge is -2.19. The lowest BCUT2D eigenvalue weighted by atomic mass is 10.0. The van der Waals surface area contributed by atoms with Crippen LogP contribution in [0.15, 0.2) is 53.1 Å². The predicted molar refractivity (Wildman–Crippen MR) is 134 cm³/mol. The van der Waals surface area contributed by atoms with E-state index in [1.54, 1.807) is 13.2 Å². The average Bonchev–Trinajstić information content (AvgIpc) is 3.42. The Hall–Kier alpha value is -4.07. The standard InChI is InChI=1S/C27H30N4O4/c1-16(2)26(27-28-21-8-6-7-9-22(21)29-27)30-25(32)13-11-19-10-12-23(24(14-19)33-5)34-15-20-17(3)31-35-18(20)4/h6-14,16,26H,15H2,1-5H3,(H,28,29)(H,30,32)/b13-11+/t26-/m0/s1. The molecule has 0 saturated heterocycles. The Morgan fingerprint density at radius 1 is 1.17 bits per heavy atom. The topological polar surface area (TPSA) is 102 Å². The molecular weight excluding hydrogens is 444 g/mol. The number of carbonyl (C=O) groups excluding carboxylic acids is 1. The number of rotatable bonds is 9. The van der Waals surface area contributed by atoms with Crippen LogP contribution in [0.25, 0.3) is 17.1 Å². The number of carbonyl (C=O) groups is 1. The van der Waals surface area contributed by atoms with Crippen molar-refractivity contribution in [1.82, 2.24) is 20.4 Å². The van der Waals surface area contributed by atoms with Gasteiger partial charge in [-0.15, -0.1) is 0 Å². The molecule has 8 heteroatoms. The molecule has 2 N–H and O–H groups in total. The predicted octanol–water partition coefficient (Wildman–Crippen LogP) is 5.28. The van der Waals surface area contributed by atoms with Gasteiger partial charge in [-0.05, 0) is 55.7 Å². The molecule has 2 heterocycles. The first-order valence-corrected chi connectivity index (χ1v) is 11.5. The summed E-state index contributed by atoms with van der Waals surface area (Å²) >= 11 is 0. The molecule has 0 aliphatic rings. The number of hydrogen-bond donors (Lipinski definition) is 2. The molecule has 0 fully saturated rings. The zero-order chi connectivity index (χ0) is 24.9. The fourth-order valence-corrected chi connectivity index (χ4v) is 3.81. The quantitative estimate of drug-likeness (QED) is 0.320. The van der Waals surface area contributed by atoms with E-state index in [1.807, 2.05) is 70.2 Å². The van der Waals surface area contributed by atoms with Gasteiger partial charge in [0.15, 0.2) is 11.5 Å². The average molecular weight is 475 g/mol. The van der Waals surface area contributed by atoms with E-state index in [-0.39, 0.29) is 17.9 Å². The van der Waals surface area contributed by atoms with Gasteiger partial charge in [0.05, 0.1) is 35.4 Å². The van der Waals surface area contributed by atoms with Crippen molar-refractivity contribution in [2.24, 2.45) is 5.92 Å². The number of aromatic amines is 1. The zero-order valence-corrected chi connectivity index (χ0v) is 20.6. The second kappa shape index (κ2) is 10.5. The van der Waals surface area contributed by atoms with Crippen LogP contribution in [0.3, 0.4) is 0 Å². The molecule has 35 heavy (non-hydrogen) atoms. The highest BCUT2D eigenvalue weighted by atomic mass is 16.5. The zero-order valence-electron chi connectivity index (χ0n) is 20.6. The van der Waals surface area contributed by atoms with Crippen LogP contribution in [0.4, 0.5) is 0 Å². The summed E-state index contributed by atoms with van der Waals surface area (Å²) in [6.45, 7) is 8.16. The van der Waals surface area contributed by atoms with E-state index in [0.29, 0.717) is 18.1 Å². The highest BCUT2D eigenvalue weighted by Gasteiger charge is 2.21. The van der Waals surface area contributed by atoms with Crippen molar-refractivity contribution in [2.45, 2.75) is 40.3 Å². The van der Waals surface area contributed by atoms with Gasteiger partial charge in [-0.3, -0.25) is 4.79 Å². The van der Waals surface area contributed by atoms with E-state index < -0.39 is 0 Å². The minimum Gasteiger partial charge on any atom is -0.493 e. The van der Waals surface area contributed by atoms with Crippen LogP contribution in [-0.2, 0) is 11.4 Å². The molecule has 0 bridgehead atoms. The number of imidazole rings is 1. The van der Waals surface area contributed by atoms with Crippen LogP contribution >= 0.6 is 0 Å². The number of methoxy groups -OCH3 is 1. The summed E-state index contributed by atoms with van der Waals surface area (Å²) in [5.41, 5.74) is 4.35. The van der Waals surface area contributed by atoms with Crippen LogP contribution in [0.1, 0.15) is 48.3 Å². The molecule has 4 rings (SSSR count). The van der Waals surface area contributed by atoms with Crippen molar-refractivity contribution in [3.8, 4) is 11.5 Å². The third-order valence-electron chi connectivity index (χ3n) is 5.83. The van der Waals surface area contributed by atoms with E-state index in [2.05, 4.69) is 20.4 Å². The van der Waals surface area contributed by atoms with Gasteiger partial charge in [-0.2, -0.15) is 0 Å². The third-order valence-corrected chi connectivity index (χ3v) is 5.83. The van der Waals surface area contributed by atoms with Crippen molar-refractivity contribution in [3.05, 3.63) is 76.9 Å². The van der Waals surface area contributed by atoms with Crippen LogP contribution < -0.4 is 14.8 Å². The van der Waals surface area contributed by atoms with Crippen molar-refractivity contribution >= 4 is 23.0 Å². The van der Waals surface area contributed by atoms with Crippen molar-refractivity contribution in [3.63, 3.8) is 0 Å². The summed E-state index contributed by atoms with van der Waals surface area (Å²) in [6.07, 6.45) is 3.25. The summed E-state index contributed by atoms with van der Waals surface area (Å²) in [6, 6.07) is 13.1. The fourth-order valence-electron chi connectivity index (χ4n) is 3.81. The molecule has 0 spiro atoms. The van der Waals surface area contributed by atoms with Crippen LogP contribution in [0.2, 0.25) is 0 Å². The number of amides is 1. The molecule has 0 aliphatic carbocycles. The molecule has 0 unspecified atom stereocenters. The van der Waals surface area contributed by atoms with Crippen molar-refractivity contribution < 1.29 is 18.8 Å². The molecule has 0 radical (unpaired) electrons. The smallest absolute Gasteiger partial charge is 0.244 e. The Balaban J connectivity index is 1.43. The highest BCUT2D eigenvalue weighted by molar-refractivity contribution is 5.92. The molecule has 182 valence electrons. The first-order valence-electron chi connectivity index (χ1n) is 11.5. The van der Waals surface area contributed by atoms with E-state index in [9.17, 15) is 4.79 Å². The summed E-state index contributed by atoms with van der Waals surface area (Å²) in [5, 5.41) is 7.01. The van der Waals surface area contributed by atoms with Gasteiger partial charge < -0.3 is 24.3 Å². The first kappa shape index (κ1) is 24.1. The summed E-state index contributed by atoms with van der Waals surface area (Å²) in [4.78, 5) is 20.7. The molecule has 0 aliphatic heterocycles. The van der Waals surface area contributed by atoms with Gasteiger partial charge in [-0.25, -0.2) is 4.98 Å². The first-order chi connectivity index (χ1) is 16.9. The summed E-state index contributed by atoms with van der Waals surface area (Å²) in [5.74, 6) is 2.59. The number of aromatic nitrogens is 3. The minimum atomic E-state index is -0.241. The maximum absolute atomic E-state index is 12.7. The SMILES string of the molecule is COc1cc(/C=C/C(=O)N[C@H](c2nc3ccccc3[nH]2)C(C)C)ccc1OCc1c(C)noc1C. The number of H-pyrrole nitrogens is 1. The molecule has 4 aromatic rings. The number of fused-ring (bicyclic) bond motifs is 1. The Morgan fingerprint density at radius 2 is 1.97 bits per heavy atom. The van der Waals surface area contributed by atoms with Gasteiger partial charge in [0.2, 0.25) is 5.91 Å². The molecular formula is C27H30N4O4. The Morgan fingerprint density at radius 3 is 2.66 bits per heavy atom. The van der Waals surface area contributed by atoms with E-state index in [1.165, 1.54) is 6.08 Å². The van der Waals surface area contributed by atoms with Crippen LogP contribution in [-0.4, -0.2) is 28.1 Å². The number of para-hydroxylation sites is 2. The van der Waals surface area contributed by atoms with E-state index in [0.717, 1.165) is 39.4 Å². The molecule has 0 saturated carbocycles. The highest BCUT2D eigenvalue weighted by Crippen LogP contribution is 2.30. The number of hydrogen-bond acceptors (Lipinski definition) is 6. The second-order valence-electron chi connectivity index (χ2n) is 8.70. The second-order valence-corrected chi connectivity index (χ2v) is 8.70. The van der Waals surface area contributed by atoms with Crippen LogP contribution in [0, 0.1) is 19.8 Å². The number of ether oxygens (including phenoxy) is 2. The molecule has 2 aromatic carbocycles. The lowest BCUT2D eigenvalue weighted by Crippen LogP contribution is -2.31. The molecule has 2 aromatic heterocycles. The van der Waals surface area contributed by atoms with Crippen molar-refractivity contribution in [1.29, 1.82) is 0 Å². The number of nitrogens with one attached hydrogen (secondary N) is 2. The Labute approximate surface area is 204 Å². The molecule has 8 nitrogen and oxygen atoms in total. The van der Waals surface area contributed by atoms with Gasteiger partial charge in [0.25, 0.3) is 0 Å². The third kappa shape index (κ3) is 5.54. The van der Waals surface area contributed by atoms with E-state index in [4.69, 9.17) is 14.0 Å². The molecule has 1 amide bonds. The van der Waals surface area contributed by atoms with Gasteiger partial charge in [0.1, 0.15) is 18.2 Å². The maximum Gasteiger partial charge on any atom is 0.244 e. The number of aryl methyl sites for hydroxylation is 2. The minimum absolute atomic E-state index is 0.155. The van der Waals surface area contributed by atoms with Crippen LogP contribution in [0.5, 0.6) is 11.5 Å². The number of benzene rings is 2. The lowest BCUT2D eigenvalue weighted by molar-refractivity contribution is -0.117. The van der Waals surface area contributed by atoms with Gasteiger partial charge in [0, 0.05) is 6.08 Å². The Kier molecular flexibility index (Phi) is 7.19. The normalized spacial score (nSPS) is 12.4. The fraction of sp³-hybridized carbons (Fsp3) is 0.296. The number of nitrogens with zero attached hydrogens (tertiary/aromatic N) is 2. The van der Waals surface area contributed by atoms with E-state index >= 15 is 0 Å². The van der Waals surface area contributed by atoms with Gasteiger partial charge in [-0.1, -0.05) is 37.2 Å². The maximum atomic E-state index is 12.7. The van der Waals surface area contributed by atoms with Gasteiger partial charge >= 0.3 is 0 Å². The summed E-state index contributed by atoms with van der Waals surface area (Å²) in [7, 11) is 1.58. The molecule has 1 atom stereocenters. The summed E-state index contributed by atoms with van der Waals surface area (Å²) < 4.78 is 16.6. The monoisotopic (exact) mass is 474 g/mol.